The first-order chi connectivity index (χ1) is 16.5. The fourth-order valence-corrected chi connectivity index (χ4v) is 4.69. The summed E-state index contributed by atoms with van der Waals surface area (Å²) < 4.78 is 10.8. The van der Waals surface area contributed by atoms with Crippen LogP contribution in [0.15, 0.2) is 42.5 Å². The number of aromatic nitrogens is 2. The van der Waals surface area contributed by atoms with Crippen LogP contribution < -0.4 is 26.3 Å². The van der Waals surface area contributed by atoms with E-state index in [0.717, 1.165) is 24.8 Å². The number of piperidine rings is 1. The second kappa shape index (κ2) is 10.2. The minimum Gasteiger partial charge on any atom is -0.493 e. The number of nitrogens with one attached hydrogen (secondary N) is 1. The highest BCUT2D eigenvalue weighted by atomic mass is 16.5. The molecule has 2 heterocycles. The summed E-state index contributed by atoms with van der Waals surface area (Å²) in [6.45, 7) is 2.62. The Morgan fingerprint density at radius 3 is 2.41 bits per heavy atom. The Hall–Kier alpha value is -3.43. The van der Waals surface area contributed by atoms with Crippen molar-refractivity contribution < 1.29 is 14.3 Å². The van der Waals surface area contributed by atoms with Gasteiger partial charge in [0.15, 0.2) is 11.5 Å². The van der Waals surface area contributed by atoms with E-state index in [2.05, 4.69) is 39.6 Å². The Bertz CT molecular complexity index is 1150. The molecule has 9 nitrogen and oxygen atoms in total. The van der Waals surface area contributed by atoms with E-state index in [0.29, 0.717) is 48.3 Å². The molecule has 1 aromatic heterocycles. The lowest BCUT2D eigenvalue weighted by atomic mass is 9.72. The molecule has 0 aliphatic carbocycles. The summed E-state index contributed by atoms with van der Waals surface area (Å²) in [4.78, 5) is 23.1. The molecule has 2 aromatic carbocycles. The molecule has 1 aliphatic heterocycles. The zero-order valence-corrected chi connectivity index (χ0v) is 19.7. The molecule has 0 unspecified atom stereocenters. The van der Waals surface area contributed by atoms with Crippen LogP contribution in [-0.2, 0) is 16.8 Å². The lowest BCUT2D eigenvalue weighted by Crippen LogP contribution is -2.50. The van der Waals surface area contributed by atoms with Crippen molar-refractivity contribution in [2.45, 2.75) is 24.8 Å². The third kappa shape index (κ3) is 4.76. The predicted molar refractivity (Wildman–Crippen MR) is 132 cm³/mol. The molecule has 3 aromatic rings. The van der Waals surface area contributed by atoms with Crippen LogP contribution >= 0.6 is 0 Å². The highest BCUT2D eigenvalue weighted by Gasteiger charge is 2.36. The smallest absolute Gasteiger partial charge is 0.236 e. The summed E-state index contributed by atoms with van der Waals surface area (Å²) in [7, 11) is 3.17. The maximum atomic E-state index is 12.1. The highest BCUT2D eigenvalue weighted by molar-refractivity contribution is 5.90. The zero-order valence-electron chi connectivity index (χ0n) is 19.7. The number of nitrogens with two attached hydrogens (primary N) is 2. The van der Waals surface area contributed by atoms with Gasteiger partial charge in [-0.25, -0.2) is 9.97 Å². The average Bonchev–Trinajstić information content (AvgIpc) is 2.88. The van der Waals surface area contributed by atoms with Crippen molar-refractivity contribution in [3.8, 4) is 11.5 Å². The molecule has 180 valence electrons. The van der Waals surface area contributed by atoms with Gasteiger partial charge in [0.2, 0.25) is 5.91 Å². The molecule has 1 saturated heterocycles. The van der Waals surface area contributed by atoms with Crippen LogP contribution in [0.2, 0.25) is 0 Å². The van der Waals surface area contributed by atoms with E-state index in [1.54, 1.807) is 20.3 Å². The number of carbonyl (C=O) groups excluding carboxylic acids is 1. The molecule has 0 saturated carbocycles. The second-order valence-electron chi connectivity index (χ2n) is 8.58. The first-order valence-corrected chi connectivity index (χ1v) is 11.4. The Morgan fingerprint density at radius 2 is 1.76 bits per heavy atom. The molecule has 34 heavy (non-hydrogen) atoms. The number of nitrogen functional groups attached to an aromatic ring is 1. The van der Waals surface area contributed by atoms with Gasteiger partial charge in [-0.3, -0.25) is 4.79 Å². The molecule has 1 amide bonds. The molecule has 0 atom stereocenters. The fourth-order valence-electron chi connectivity index (χ4n) is 4.69. The van der Waals surface area contributed by atoms with Gasteiger partial charge in [0, 0.05) is 36.5 Å². The molecular weight excluding hydrogens is 432 g/mol. The van der Waals surface area contributed by atoms with Gasteiger partial charge in [-0.2, -0.15) is 0 Å². The fraction of sp³-hybridized carbons (Fsp3) is 0.400. The van der Waals surface area contributed by atoms with Crippen LogP contribution in [0.5, 0.6) is 11.5 Å². The van der Waals surface area contributed by atoms with Crippen LogP contribution in [0.25, 0.3) is 10.9 Å². The van der Waals surface area contributed by atoms with Crippen LogP contribution in [-0.4, -0.2) is 61.2 Å². The van der Waals surface area contributed by atoms with E-state index >= 15 is 0 Å². The van der Waals surface area contributed by atoms with Crippen molar-refractivity contribution in [3.63, 3.8) is 0 Å². The largest absolute Gasteiger partial charge is 0.493 e. The number of likely N-dealkylation sites (tertiary alicyclic amines) is 1. The molecular formula is C25H32N6O3. The highest BCUT2D eigenvalue weighted by Crippen LogP contribution is 2.36. The van der Waals surface area contributed by atoms with E-state index in [4.69, 9.17) is 20.9 Å². The van der Waals surface area contributed by atoms with Crippen molar-refractivity contribution >= 4 is 22.6 Å². The standard InChI is InChI=1S/C25H32N6O3/c1-33-20-12-18-19(13-21(20)34-2)29-22(30-24(18)27)15-28-16-25(17-6-4-3-5-7-17)8-10-31(11-9-25)23(32)14-26/h3-7,12-13,28H,8-11,14-16,26H2,1-2H3,(H2,27,29,30). The van der Waals surface area contributed by atoms with Gasteiger partial charge in [0.1, 0.15) is 11.6 Å². The number of hydrogen-bond acceptors (Lipinski definition) is 8. The molecule has 0 spiro atoms. The van der Waals surface area contributed by atoms with Crippen molar-refractivity contribution in [3.05, 3.63) is 53.9 Å². The Labute approximate surface area is 199 Å². The monoisotopic (exact) mass is 464 g/mol. The molecule has 1 fully saturated rings. The molecule has 9 heteroatoms. The third-order valence-electron chi connectivity index (χ3n) is 6.66. The number of hydrogen-bond donors (Lipinski definition) is 3. The molecule has 1 aliphatic rings. The van der Waals surface area contributed by atoms with Gasteiger partial charge < -0.3 is 31.2 Å². The number of anilines is 1. The van der Waals surface area contributed by atoms with Crippen molar-refractivity contribution in [2.75, 3.05) is 46.1 Å². The second-order valence-corrected chi connectivity index (χ2v) is 8.58. The van der Waals surface area contributed by atoms with Gasteiger partial charge >= 0.3 is 0 Å². The summed E-state index contributed by atoms with van der Waals surface area (Å²) in [5.41, 5.74) is 13.7. The number of amides is 1. The van der Waals surface area contributed by atoms with E-state index in [9.17, 15) is 4.79 Å². The number of nitrogens with zero attached hydrogens (tertiary/aromatic N) is 3. The lowest BCUT2D eigenvalue weighted by molar-refractivity contribution is -0.131. The zero-order chi connectivity index (χ0) is 24.1. The van der Waals surface area contributed by atoms with Crippen LogP contribution in [0.3, 0.4) is 0 Å². The summed E-state index contributed by atoms with van der Waals surface area (Å²) in [5, 5.41) is 4.27. The van der Waals surface area contributed by atoms with Gasteiger partial charge in [0.05, 0.1) is 32.8 Å². The van der Waals surface area contributed by atoms with Gasteiger partial charge in [0.25, 0.3) is 0 Å². The summed E-state index contributed by atoms with van der Waals surface area (Å²) in [6, 6.07) is 14.1. The maximum Gasteiger partial charge on any atom is 0.236 e. The Balaban J connectivity index is 1.52. The number of carbonyl (C=O) groups is 1. The van der Waals surface area contributed by atoms with Crippen molar-refractivity contribution in [2.24, 2.45) is 5.73 Å². The minimum atomic E-state index is -0.0916. The predicted octanol–water partition coefficient (Wildman–Crippen LogP) is 1.84. The molecule has 0 bridgehead atoms. The summed E-state index contributed by atoms with van der Waals surface area (Å²) in [5.74, 6) is 2.18. The van der Waals surface area contributed by atoms with Crippen molar-refractivity contribution in [1.29, 1.82) is 0 Å². The number of rotatable bonds is 8. The van der Waals surface area contributed by atoms with E-state index in [-0.39, 0.29) is 17.9 Å². The number of benzene rings is 2. The quantitative estimate of drug-likeness (QED) is 0.461. The first-order valence-electron chi connectivity index (χ1n) is 11.4. The van der Waals surface area contributed by atoms with Crippen molar-refractivity contribution in [1.82, 2.24) is 20.2 Å². The normalized spacial score (nSPS) is 15.3. The Kier molecular flexibility index (Phi) is 7.14. The molecule has 4 rings (SSSR count). The number of methoxy groups -OCH3 is 2. The Morgan fingerprint density at radius 1 is 1.09 bits per heavy atom. The first kappa shape index (κ1) is 23.7. The van der Waals surface area contributed by atoms with Crippen LogP contribution in [0.4, 0.5) is 5.82 Å². The molecule has 0 radical (unpaired) electrons. The summed E-state index contributed by atoms with van der Waals surface area (Å²) in [6.07, 6.45) is 1.71. The van der Waals surface area contributed by atoms with Gasteiger partial charge in [-0.15, -0.1) is 0 Å². The minimum absolute atomic E-state index is 0.00159. The number of fused-ring (bicyclic) bond motifs is 1. The number of ether oxygens (including phenoxy) is 2. The van der Waals surface area contributed by atoms with Gasteiger partial charge in [-0.05, 0) is 24.5 Å². The van der Waals surface area contributed by atoms with Crippen LogP contribution in [0.1, 0.15) is 24.2 Å². The lowest BCUT2D eigenvalue weighted by Gasteiger charge is -2.42. The topological polar surface area (TPSA) is 129 Å². The van der Waals surface area contributed by atoms with Gasteiger partial charge in [-0.1, -0.05) is 30.3 Å². The SMILES string of the molecule is COc1cc2nc(CNCC3(c4ccccc4)CCN(C(=O)CN)CC3)nc(N)c2cc1OC. The maximum absolute atomic E-state index is 12.1. The average molecular weight is 465 g/mol. The van der Waals surface area contributed by atoms with E-state index in [1.165, 1.54) is 5.56 Å². The molecule has 5 N–H and O–H groups in total. The third-order valence-corrected chi connectivity index (χ3v) is 6.66. The van der Waals surface area contributed by atoms with E-state index < -0.39 is 0 Å². The summed E-state index contributed by atoms with van der Waals surface area (Å²) >= 11 is 0. The van der Waals surface area contributed by atoms with E-state index in [1.807, 2.05) is 17.0 Å². The van der Waals surface area contributed by atoms with Crippen LogP contribution in [0, 0.1) is 0 Å².